The summed E-state index contributed by atoms with van der Waals surface area (Å²) in [4.78, 5) is 72.9. The molecule has 0 aliphatic rings. The van der Waals surface area contributed by atoms with E-state index >= 15 is 0 Å². The van der Waals surface area contributed by atoms with Gasteiger partial charge in [-0.3, -0.25) is 37.3 Å². The van der Waals surface area contributed by atoms with Gasteiger partial charge in [-0.2, -0.15) is 0 Å². The smallest absolute Gasteiger partial charge is 0.462 e. The van der Waals surface area contributed by atoms with Crippen molar-refractivity contribution < 1.29 is 80.2 Å². The van der Waals surface area contributed by atoms with Crippen molar-refractivity contribution in [3.63, 3.8) is 0 Å². The zero-order chi connectivity index (χ0) is 71.4. The molecule has 97 heavy (non-hydrogen) atoms. The van der Waals surface area contributed by atoms with Crippen LogP contribution in [0.15, 0.2) is 0 Å². The number of phosphoric acid groups is 2. The summed E-state index contributed by atoms with van der Waals surface area (Å²) in [7, 11) is -9.91. The molecule has 0 fully saturated rings. The van der Waals surface area contributed by atoms with E-state index in [2.05, 4.69) is 41.5 Å². The quantitative estimate of drug-likeness (QED) is 0.0222. The molecule has 0 radical (unpaired) electrons. The molecule has 6 atom stereocenters. The second kappa shape index (κ2) is 69.8. The lowest BCUT2D eigenvalue weighted by atomic mass is 9.99. The molecule has 17 nitrogen and oxygen atoms in total. The predicted octanol–water partition coefficient (Wildman–Crippen LogP) is 23.1. The molecule has 3 N–H and O–H groups in total. The van der Waals surface area contributed by atoms with Crippen molar-refractivity contribution in [1.29, 1.82) is 0 Å². The van der Waals surface area contributed by atoms with Gasteiger partial charge in [0.15, 0.2) is 12.2 Å². The lowest BCUT2D eigenvalue weighted by Gasteiger charge is -2.21. The van der Waals surface area contributed by atoms with Crippen LogP contribution >= 0.6 is 15.6 Å². The summed E-state index contributed by atoms with van der Waals surface area (Å²) in [5.74, 6) is -0.641. The van der Waals surface area contributed by atoms with Crippen molar-refractivity contribution >= 4 is 39.5 Å². The maximum atomic E-state index is 13.1. The van der Waals surface area contributed by atoms with Crippen molar-refractivity contribution in [1.82, 2.24) is 0 Å². The fraction of sp³-hybridized carbons (Fsp3) is 0.949. The Kier molecular flexibility index (Phi) is 68.4. The summed E-state index contributed by atoms with van der Waals surface area (Å²) in [6, 6.07) is 0. The van der Waals surface area contributed by atoms with Gasteiger partial charge in [-0.05, 0) is 37.5 Å². The van der Waals surface area contributed by atoms with Crippen LogP contribution in [0.2, 0.25) is 0 Å². The van der Waals surface area contributed by atoms with E-state index in [4.69, 9.17) is 37.0 Å². The number of unbranched alkanes of at least 4 members (excludes halogenated alkanes) is 46. The van der Waals surface area contributed by atoms with Gasteiger partial charge >= 0.3 is 39.5 Å². The van der Waals surface area contributed by atoms with E-state index in [0.29, 0.717) is 31.6 Å². The van der Waals surface area contributed by atoms with Crippen LogP contribution in [0.1, 0.15) is 408 Å². The number of carbonyl (C=O) groups excluding carboxylic acids is 4. The van der Waals surface area contributed by atoms with Gasteiger partial charge in [0, 0.05) is 25.7 Å². The van der Waals surface area contributed by atoms with Gasteiger partial charge in [-0.25, -0.2) is 9.13 Å². The van der Waals surface area contributed by atoms with Gasteiger partial charge in [0.2, 0.25) is 0 Å². The van der Waals surface area contributed by atoms with Crippen molar-refractivity contribution in [2.24, 2.45) is 11.8 Å². The summed E-state index contributed by atoms with van der Waals surface area (Å²) < 4.78 is 68.6. The molecule has 0 spiro atoms. The van der Waals surface area contributed by atoms with Crippen LogP contribution < -0.4 is 0 Å². The normalized spacial score (nSPS) is 14.2. The molecule has 0 bridgehead atoms. The molecule has 0 amide bonds. The third kappa shape index (κ3) is 70.9. The minimum absolute atomic E-state index is 0.104. The second-order valence-electron chi connectivity index (χ2n) is 28.8. The minimum Gasteiger partial charge on any atom is -0.462 e. The van der Waals surface area contributed by atoms with Crippen LogP contribution in [0.4, 0.5) is 0 Å². The first-order valence-electron chi connectivity index (χ1n) is 40.5. The Balaban J connectivity index is 5.21. The van der Waals surface area contributed by atoms with Crippen LogP contribution in [-0.4, -0.2) is 96.7 Å². The van der Waals surface area contributed by atoms with E-state index in [-0.39, 0.29) is 25.7 Å². The average molecular weight is 1420 g/mol. The Bertz CT molecular complexity index is 1870. The molecule has 0 saturated heterocycles. The number of ether oxygens (including phenoxy) is 4. The summed E-state index contributed by atoms with van der Waals surface area (Å²) in [5.41, 5.74) is 0. The molecular weight excluding hydrogens is 1270 g/mol. The molecule has 0 aromatic heterocycles. The fourth-order valence-corrected chi connectivity index (χ4v) is 13.6. The number of carbonyl (C=O) groups is 4. The summed E-state index contributed by atoms with van der Waals surface area (Å²) in [6.07, 6.45) is 58.4. The highest BCUT2D eigenvalue weighted by molar-refractivity contribution is 7.47. The first-order valence-corrected chi connectivity index (χ1v) is 43.5. The van der Waals surface area contributed by atoms with Crippen LogP contribution in [0.3, 0.4) is 0 Å². The Hall–Kier alpha value is -1.94. The molecule has 576 valence electrons. The standard InChI is InChI=1S/C78H152O17P2/c1-7-10-12-14-16-18-20-22-24-25-26-27-28-29-30-32-34-36-43-50-56-62-77(82)94-73(66-88-75(80)60-54-48-42-35-33-31-23-21-19-17-15-13-11-8-2)68-92-96(84,85)90-64-72(79)65-91-97(86,87)93-69-74(67-89-76(81)61-55-49-45-39-40-46-52-58-70(4)5)95-78(83)63-57-51-44-38-37-41-47-53-59-71(6)9-3/h70-74,79H,7-69H2,1-6H3,(H,84,85)(H,86,87)/t71?,72-,73-,74-/m1/s1. The Morgan fingerprint density at radius 1 is 0.299 bits per heavy atom. The molecule has 3 unspecified atom stereocenters. The number of hydrogen-bond acceptors (Lipinski definition) is 15. The van der Waals surface area contributed by atoms with Crippen molar-refractivity contribution in [2.45, 2.75) is 426 Å². The van der Waals surface area contributed by atoms with Crippen molar-refractivity contribution in [2.75, 3.05) is 39.6 Å². The lowest BCUT2D eigenvalue weighted by Crippen LogP contribution is -2.30. The first-order chi connectivity index (χ1) is 46.9. The van der Waals surface area contributed by atoms with Gasteiger partial charge in [0.25, 0.3) is 0 Å². The van der Waals surface area contributed by atoms with Crippen molar-refractivity contribution in [3.05, 3.63) is 0 Å². The summed E-state index contributed by atoms with van der Waals surface area (Å²) >= 11 is 0. The predicted molar refractivity (Wildman–Crippen MR) is 395 cm³/mol. The summed E-state index contributed by atoms with van der Waals surface area (Å²) in [5, 5.41) is 10.6. The first kappa shape index (κ1) is 95.1. The molecule has 0 rings (SSSR count). The van der Waals surface area contributed by atoms with E-state index in [0.717, 1.165) is 102 Å². The zero-order valence-corrected chi connectivity index (χ0v) is 65.2. The molecule has 0 aliphatic carbocycles. The van der Waals surface area contributed by atoms with Crippen molar-refractivity contribution in [3.8, 4) is 0 Å². The molecular formula is C78H152O17P2. The van der Waals surface area contributed by atoms with E-state index in [9.17, 15) is 43.2 Å². The number of phosphoric ester groups is 2. The van der Waals surface area contributed by atoms with Gasteiger partial charge in [0.05, 0.1) is 26.4 Å². The SMILES string of the molecule is CCCCCCCCCCCCCCCCCCCCCCCC(=O)O[C@H](COC(=O)CCCCCCCCCCCCCCCC)COP(=O)(O)OC[C@@H](O)COP(=O)(O)OC[C@@H](COC(=O)CCCCCCCCCC(C)C)OC(=O)CCCCCCCCCCC(C)CC. The van der Waals surface area contributed by atoms with E-state index in [1.165, 1.54) is 218 Å². The maximum absolute atomic E-state index is 13.1. The second-order valence-corrected chi connectivity index (χ2v) is 31.7. The minimum atomic E-state index is -4.96. The van der Waals surface area contributed by atoms with Crippen LogP contribution in [0, 0.1) is 11.8 Å². The third-order valence-electron chi connectivity index (χ3n) is 18.6. The number of aliphatic hydroxyl groups excluding tert-OH is 1. The van der Waals surface area contributed by atoms with E-state index in [1.54, 1.807) is 0 Å². The maximum Gasteiger partial charge on any atom is 0.472 e. The monoisotopic (exact) mass is 1420 g/mol. The molecule has 0 aromatic carbocycles. The lowest BCUT2D eigenvalue weighted by molar-refractivity contribution is -0.161. The number of aliphatic hydroxyl groups is 1. The van der Waals surface area contributed by atoms with E-state index < -0.39 is 97.5 Å². The molecule has 19 heteroatoms. The van der Waals surface area contributed by atoms with Gasteiger partial charge in [0.1, 0.15) is 19.3 Å². The highest BCUT2D eigenvalue weighted by atomic mass is 31.2. The molecule has 0 saturated carbocycles. The van der Waals surface area contributed by atoms with Gasteiger partial charge in [-0.1, -0.05) is 356 Å². The van der Waals surface area contributed by atoms with Crippen LogP contribution in [0.25, 0.3) is 0 Å². The topological polar surface area (TPSA) is 237 Å². The highest BCUT2D eigenvalue weighted by Crippen LogP contribution is 2.45. The van der Waals surface area contributed by atoms with Gasteiger partial charge in [-0.15, -0.1) is 0 Å². The number of esters is 4. The summed E-state index contributed by atoms with van der Waals surface area (Å²) in [6.45, 7) is 9.55. The molecule has 0 aliphatic heterocycles. The average Bonchev–Trinajstić information content (AvgIpc) is 1.02. The van der Waals surface area contributed by atoms with Gasteiger partial charge < -0.3 is 33.8 Å². The number of hydrogen-bond donors (Lipinski definition) is 3. The Morgan fingerprint density at radius 3 is 0.784 bits per heavy atom. The Labute approximate surface area is 594 Å². The largest absolute Gasteiger partial charge is 0.472 e. The molecule has 0 aromatic rings. The van der Waals surface area contributed by atoms with Crippen LogP contribution in [0.5, 0.6) is 0 Å². The Morgan fingerprint density at radius 2 is 0.526 bits per heavy atom. The fourth-order valence-electron chi connectivity index (χ4n) is 12.0. The molecule has 0 heterocycles. The van der Waals surface area contributed by atoms with E-state index in [1.807, 2.05) is 0 Å². The number of rotatable bonds is 77. The third-order valence-corrected chi connectivity index (χ3v) is 20.5. The van der Waals surface area contributed by atoms with Crippen LogP contribution in [-0.2, 0) is 65.4 Å². The zero-order valence-electron chi connectivity index (χ0n) is 63.4. The highest BCUT2D eigenvalue weighted by Gasteiger charge is 2.30.